The molecule has 2 rings (SSSR count). The van der Waals surface area contributed by atoms with Gasteiger partial charge in [0.05, 0.1) is 6.61 Å². The average Bonchev–Trinajstić information content (AvgIpc) is 2.64. The number of hydrogen-bond donors (Lipinski definition) is 2. The summed E-state index contributed by atoms with van der Waals surface area (Å²) < 4.78 is 0. The van der Waals surface area contributed by atoms with E-state index in [1.165, 1.54) is 12.0 Å². The second-order valence-corrected chi connectivity index (χ2v) is 5.45. The van der Waals surface area contributed by atoms with Crippen LogP contribution in [-0.4, -0.2) is 23.3 Å². The molecular weight excluding hydrogens is 206 g/mol. The van der Waals surface area contributed by atoms with Gasteiger partial charge in [-0.15, -0.1) is 0 Å². The minimum Gasteiger partial charge on any atom is -0.394 e. The molecule has 2 N–H and O–H groups in total. The first-order valence-electron chi connectivity index (χ1n) is 5.64. The van der Waals surface area contributed by atoms with Crippen LogP contribution in [-0.2, 0) is 6.42 Å². The Morgan fingerprint density at radius 3 is 2.87 bits per heavy atom. The third kappa shape index (κ3) is 2.60. The monoisotopic (exact) mass is 225 g/mol. The van der Waals surface area contributed by atoms with E-state index in [-0.39, 0.29) is 12.1 Å². The SMILES string of the molecule is CC(Cc1ccsc1)NC1(CO)CCC1. The van der Waals surface area contributed by atoms with Crippen LogP contribution in [0, 0.1) is 0 Å². The number of aliphatic hydroxyl groups excluding tert-OH is 1. The van der Waals surface area contributed by atoms with Crippen molar-refractivity contribution in [3.63, 3.8) is 0 Å². The second-order valence-electron chi connectivity index (χ2n) is 4.67. The van der Waals surface area contributed by atoms with E-state index in [0.29, 0.717) is 6.04 Å². The first-order valence-corrected chi connectivity index (χ1v) is 6.58. The van der Waals surface area contributed by atoms with Crippen LogP contribution in [0.5, 0.6) is 0 Å². The van der Waals surface area contributed by atoms with Gasteiger partial charge in [-0.25, -0.2) is 0 Å². The fraction of sp³-hybridized carbons (Fsp3) is 0.667. The summed E-state index contributed by atoms with van der Waals surface area (Å²) in [6.45, 7) is 2.48. The summed E-state index contributed by atoms with van der Waals surface area (Å²) in [4.78, 5) is 0. The molecule has 2 nitrogen and oxygen atoms in total. The van der Waals surface area contributed by atoms with Crippen LogP contribution in [0.1, 0.15) is 31.7 Å². The molecule has 84 valence electrons. The molecule has 0 saturated heterocycles. The van der Waals surface area contributed by atoms with Crippen LogP contribution < -0.4 is 5.32 Å². The van der Waals surface area contributed by atoms with Gasteiger partial charge in [0.1, 0.15) is 0 Å². The average molecular weight is 225 g/mol. The maximum Gasteiger partial charge on any atom is 0.0613 e. The predicted octanol–water partition coefficient (Wildman–Crippen LogP) is 2.18. The maximum atomic E-state index is 9.35. The van der Waals surface area contributed by atoms with Crippen molar-refractivity contribution in [2.75, 3.05) is 6.61 Å². The lowest BCUT2D eigenvalue weighted by Crippen LogP contribution is -2.57. The molecule has 1 atom stereocenters. The quantitative estimate of drug-likeness (QED) is 0.805. The molecule has 1 aliphatic carbocycles. The van der Waals surface area contributed by atoms with Crippen LogP contribution in [0.3, 0.4) is 0 Å². The summed E-state index contributed by atoms with van der Waals surface area (Å²) in [5.41, 5.74) is 1.43. The summed E-state index contributed by atoms with van der Waals surface area (Å²) in [5.74, 6) is 0. The van der Waals surface area contributed by atoms with Gasteiger partial charge in [0.25, 0.3) is 0 Å². The van der Waals surface area contributed by atoms with E-state index in [1.54, 1.807) is 11.3 Å². The molecule has 1 aromatic rings. The molecule has 1 fully saturated rings. The molecule has 0 amide bonds. The Bertz CT molecular complexity index is 287. The molecule has 3 heteroatoms. The summed E-state index contributed by atoms with van der Waals surface area (Å²) in [5, 5.41) is 17.2. The number of nitrogens with one attached hydrogen (secondary N) is 1. The van der Waals surface area contributed by atoms with Gasteiger partial charge in [0, 0.05) is 11.6 Å². The highest BCUT2D eigenvalue weighted by Gasteiger charge is 2.36. The Balaban J connectivity index is 1.84. The van der Waals surface area contributed by atoms with Crippen molar-refractivity contribution in [1.82, 2.24) is 5.32 Å². The van der Waals surface area contributed by atoms with Gasteiger partial charge < -0.3 is 10.4 Å². The van der Waals surface area contributed by atoms with Crippen molar-refractivity contribution in [1.29, 1.82) is 0 Å². The van der Waals surface area contributed by atoms with Gasteiger partial charge in [0.15, 0.2) is 0 Å². The molecule has 0 bridgehead atoms. The van der Waals surface area contributed by atoms with E-state index in [1.807, 2.05) is 0 Å². The Labute approximate surface area is 95.3 Å². The van der Waals surface area contributed by atoms with Gasteiger partial charge in [-0.2, -0.15) is 11.3 Å². The van der Waals surface area contributed by atoms with Crippen LogP contribution >= 0.6 is 11.3 Å². The Morgan fingerprint density at radius 2 is 2.40 bits per heavy atom. The molecule has 15 heavy (non-hydrogen) atoms. The molecule has 0 aliphatic heterocycles. The normalized spacial score (nSPS) is 20.9. The van der Waals surface area contributed by atoms with Gasteiger partial charge in [-0.3, -0.25) is 0 Å². The van der Waals surface area contributed by atoms with E-state index in [4.69, 9.17) is 0 Å². The van der Waals surface area contributed by atoms with E-state index in [2.05, 4.69) is 29.1 Å². The fourth-order valence-corrected chi connectivity index (χ4v) is 2.97. The topological polar surface area (TPSA) is 32.3 Å². The number of aliphatic hydroxyl groups is 1. The Hall–Kier alpha value is -0.380. The summed E-state index contributed by atoms with van der Waals surface area (Å²) in [6, 6.07) is 2.63. The summed E-state index contributed by atoms with van der Waals surface area (Å²) in [6.07, 6.45) is 4.55. The zero-order valence-electron chi connectivity index (χ0n) is 9.20. The zero-order chi connectivity index (χ0) is 10.7. The third-order valence-corrected chi connectivity index (χ3v) is 4.02. The van der Waals surface area contributed by atoms with Crippen LogP contribution in [0.4, 0.5) is 0 Å². The Kier molecular flexibility index (Phi) is 3.44. The van der Waals surface area contributed by atoms with Crippen molar-refractivity contribution in [3.05, 3.63) is 22.4 Å². The molecule has 0 radical (unpaired) electrons. The Morgan fingerprint density at radius 1 is 1.60 bits per heavy atom. The lowest BCUT2D eigenvalue weighted by atomic mass is 9.77. The lowest BCUT2D eigenvalue weighted by molar-refractivity contribution is 0.0788. The molecule has 1 aliphatic rings. The highest BCUT2D eigenvalue weighted by molar-refractivity contribution is 7.07. The van der Waals surface area contributed by atoms with E-state index >= 15 is 0 Å². The van der Waals surface area contributed by atoms with Crippen molar-refractivity contribution >= 4 is 11.3 Å². The van der Waals surface area contributed by atoms with E-state index in [0.717, 1.165) is 19.3 Å². The molecule has 1 saturated carbocycles. The molecule has 1 aromatic heterocycles. The van der Waals surface area contributed by atoms with Gasteiger partial charge >= 0.3 is 0 Å². The van der Waals surface area contributed by atoms with Gasteiger partial charge in [-0.05, 0) is 55.0 Å². The van der Waals surface area contributed by atoms with Crippen LogP contribution in [0.2, 0.25) is 0 Å². The fourth-order valence-electron chi connectivity index (χ4n) is 2.29. The van der Waals surface area contributed by atoms with Crippen LogP contribution in [0.15, 0.2) is 16.8 Å². The maximum absolute atomic E-state index is 9.35. The first kappa shape index (κ1) is 11.1. The number of thiophene rings is 1. The third-order valence-electron chi connectivity index (χ3n) is 3.29. The van der Waals surface area contributed by atoms with Crippen molar-refractivity contribution in [2.24, 2.45) is 0 Å². The van der Waals surface area contributed by atoms with Crippen LogP contribution in [0.25, 0.3) is 0 Å². The summed E-state index contributed by atoms with van der Waals surface area (Å²) in [7, 11) is 0. The highest BCUT2D eigenvalue weighted by atomic mass is 32.1. The lowest BCUT2D eigenvalue weighted by Gasteiger charge is -2.43. The molecule has 1 unspecified atom stereocenters. The molecule has 0 aromatic carbocycles. The molecule has 1 heterocycles. The van der Waals surface area contributed by atoms with Gasteiger partial charge in [-0.1, -0.05) is 0 Å². The molecule has 0 spiro atoms. The van der Waals surface area contributed by atoms with E-state index < -0.39 is 0 Å². The largest absolute Gasteiger partial charge is 0.394 e. The highest BCUT2D eigenvalue weighted by Crippen LogP contribution is 2.31. The minimum atomic E-state index is 0.0371. The standard InChI is InChI=1S/C12H19NOS/c1-10(7-11-3-6-15-8-11)13-12(9-14)4-2-5-12/h3,6,8,10,13-14H,2,4-5,7,9H2,1H3. The first-order chi connectivity index (χ1) is 7.24. The van der Waals surface area contributed by atoms with E-state index in [9.17, 15) is 5.11 Å². The number of rotatable bonds is 5. The zero-order valence-corrected chi connectivity index (χ0v) is 10.0. The summed E-state index contributed by atoms with van der Waals surface area (Å²) >= 11 is 1.75. The smallest absolute Gasteiger partial charge is 0.0613 e. The molecular formula is C12H19NOS. The van der Waals surface area contributed by atoms with Crippen molar-refractivity contribution in [2.45, 2.75) is 44.2 Å². The minimum absolute atomic E-state index is 0.0371. The predicted molar refractivity (Wildman–Crippen MR) is 64.3 cm³/mol. The van der Waals surface area contributed by atoms with Gasteiger partial charge in [0.2, 0.25) is 0 Å². The second kappa shape index (κ2) is 4.64. The van der Waals surface area contributed by atoms with Crippen molar-refractivity contribution in [3.8, 4) is 0 Å². The number of hydrogen-bond acceptors (Lipinski definition) is 3. The van der Waals surface area contributed by atoms with Crippen molar-refractivity contribution < 1.29 is 5.11 Å².